The number of carbonyl (C=O) groups is 2. The van der Waals surface area contributed by atoms with Crippen LogP contribution in [0, 0.1) is 0 Å². The van der Waals surface area contributed by atoms with Gasteiger partial charge in [0.2, 0.25) is 5.91 Å². The van der Waals surface area contributed by atoms with E-state index >= 15 is 0 Å². The number of aliphatic hydroxyl groups is 1. The molecule has 1 N–H and O–H groups in total. The van der Waals surface area contributed by atoms with E-state index < -0.39 is 0 Å². The molecule has 4 nitrogen and oxygen atoms in total. The van der Waals surface area contributed by atoms with Gasteiger partial charge in [-0.3, -0.25) is 9.59 Å². The Balaban J connectivity index is 0.000000399. The molecular weight excluding hydrogens is 310 g/mol. The molecule has 0 saturated carbocycles. The summed E-state index contributed by atoms with van der Waals surface area (Å²) in [5.41, 5.74) is 2.61. The van der Waals surface area contributed by atoms with E-state index in [4.69, 9.17) is 5.11 Å². The van der Waals surface area contributed by atoms with Crippen molar-refractivity contribution in [3.05, 3.63) is 27.7 Å². The van der Waals surface area contributed by atoms with E-state index in [0.29, 0.717) is 18.7 Å². The molecule has 0 unspecified atom stereocenters. The molecule has 0 spiro atoms. The maximum Gasteiger partial charge on any atom is 0.223 e. The average molecular weight is 328 g/mol. The Labute approximate surface area is 121 Å². The van der Waals surface area contributed by atoms with Crippen LogP contribution >= 0.6 is 15.9 Å². The maximum absolute atomic E-state index is 11.4. The molecule has 1 aromatic carbocycles. The van der Waals surface area contributed by atoms with Crippen molar-refractivity contribution in [2.24, 2.45) is 0 Å². The van der Waals surface area contributed by atoms with Crippen molar-refractivity contribution < 1.29 is 14.7 Å². The molecule has 5 heteroatoms. The van der Waals surface area contributed by atoms with Gasteiger partial charge in [-0.25, -0.2) is 0 Å². The van der Waals surface area contributed by atoms with Crippen LogP contribution in [-0.2, 0) is 11.2 Å². The second kappa shape index (κ2) is 7.40. The molecule has 0 fully saturated rings. The van der Waals surface area contributed by atoms with E-state index in [2.05, 4.69) is 15.9 Å². The van der Waals surface area contributed by atoms with Crippen molar-refractivity contribution in [3.8, 4) is 0 Å². The number of benzene rings is 1. The summed E-state index contributed by atoms with van der Waals surface area (Å²) in [6.07, 6.45) is 2.51. The summed E-state index contributed by atoms with van der Waals surface area (Å²) in [7, 11) is 0. The Hall–Kier alpha value is -1.20. The van der Waals surface area contributed by atoms with Gasteiger partial charge in [0.15, 0.2) is 0 Å². The topological polar surface area (TPSA) is 57.6 Å². The predicted octanol–water partition coefficient (Wildman–Crippen LogP) is 2.56. The molecule has 2 rings (SSSR count). The fourth-order valence-electron chi connectivity index (χ4n) is 1.90. The summed E-state index contributed by atoms with van der Waals surface area (Å²) >= 11 is 3.39. The molecule has 0 atom stereocenters. The molecule has 1 aromatic rings. The van der Waals surface area contributed by atoms with Crippen LogP contribution in [0.15, 0.2) is 16.6 Å². The highest BCUT2D eigenvalue weighted by Gasteiger charge is 2.24. The van der Waals surface area contributed by atoms with Crippen LogP contribution in [0.2, 0.25) is 0 Å². The predicted molar refractivity (Wildman–Crippen MR) is 78.6 cm³/mol. The lowest BCUT2D eigenvalue weighted by Crippen LogP contribution is -2.26. The molecule has 1 aliphatic heterocycles. The summed E-state index contributed by atoms with van der Waals surface area (Å²) in [6, 6.07) is 3.59. The van der Waals surface area contributed by atoms with Crippen LogP contribution in [0.1, 0.15) is 36.2 Å². The van der Waals surface area contributed by atoms with Gasteiger partial charge < -0.3 is 10.0 Å². The second-order valence-corrected chi connectivity index (χ2v) is 5.13. The second-order valence-electron chi connectivity index (χ2n) is 4.27. The minimum absolute atomic E-state index is 0.0355. The van der Waals surface area contributed by atoms with Gasteiger partial charge in [0.25, 0.3) is 0 Å². The summed E-state index contributed by atoms with van der Waals surface area (Å²) in [4.78, 5) is 23.8. The molecule has 19 heavy (non-hydrogen) atoms. The number of halogens is 1. The van der Waals surface area contributed by atoms with Crippen molar-refractivity contribution >= 4 is 33.8 Å². The number of anilines is 1. The Morgan fingerprint density at radius 3 is 2.63 bits per heavy atom. The lowest BCUT2D eigenvalue weighted by molar-refractivity contribution is -0.116. The number of fused-ring (bicyclic) bond motifs is 1. The number of hydrogen-bond donors (Lipinski definition) is 1. The third kappa shape index (κ3) is 3.88. The molecule has 1 amide bonds. The Kier molecular flexibility index (Phi) is 6.18. The molecule has 0 saturated heterocycles. The van der Waals surface area contributed by atoms with Crippen molar-refractivity contribution in [2.45, 2.75) is 26.7 Å². The first-order chi connectivity index (χ1) is 9.04. The summed E-state index contributed by atoms with van der Waals surface area (Å²) in [5, 5.41) is 7.88. The van der Waals surface area contributed by atoms with E-state index in [9.17, 15) is 9.59 Å². The Morgan fingerprint density at radius 1 is 1.53 bits per heavy atom. The van der Waals surface area contributed by atoms with Crippen molar-refractivity contribution in [3.63, 3.8) is 0 Å². The Morgan fingerprint density at radius 2 is 2.16 bits per heavy atom. The molecular formula is C14H18BrNO3. The van der Waals surface area contributed by atoms with Crippen molar-refractivity contribution in [1.82, 2.24) is 0 Å². The van der Waals surface area contributed by atoms with Gasteiger partial charge in [0.05, 0.1) is 5.69 Å². The van der Waals surface area contributed by atoms with E-state index in [0.717, 1.165) is 34.9 Å². The molecule has 0 aromatic heterocycles. The fraction of sp³-hybridized carbons (Fsp3) is 0.429. The number of hydrogen-bond acceptors (Lipinski definition) is 3. The zero-order chi connectivity index (χ0) is 14.4. The number of rotatable bonds is 2. The summed E-state index contributed by atoms with van der Waals surface area (Å²) in [6.45, 7) is 4.50. The van der Waals surface area contributed by atoms with Gasteiger partial charge in [0, 0.05) is 30.1 Å². The standard InChI is InChI=1S/C11H10BrNO2.C3H8O/c1-7(15)13-3-2-9-4-8(6-14)5-10(12)11(9)13;1-2-3-4/h4-6H,2-3H2,1H3;4H,2-3H2,1H3. The Bertz CT molecular complexity index is 472. The van der Waals surface area contributed by atoms with Gasteiger partial charge in [-0.05, 0) is 46.5 Å². The highest BCUT2D eigenvalue weighted by molar-refractivity contribution is 9.10. The first-order valence-electron chi connectivity index (χ1n) is 6.21. The SMILES string of the molecule is CC(=O)N1CCc2cc(C=O)cc(Br)c21.CCCO. The van der Waals surface area contributed by atoms with E-state index in [1.807, 2.05) is 13.0 Å². The minimum Gasteiger partial charge on any atom is -0.396 e. The third-order valence-corrected chi connectivity index (χ3v) is 3.38. The molecule has 1 aliphatic rings. The van der Waals surface area contributed by atoms with Crippen molar-refractivity contribution in [1.29, 1.82) is 0 Å². The average Bonchev–Trinajstić information content (AvgIpc) is 2.83. The van der Waals surface area contributed by atoms with Crippen LogP contribution in [0.3, 0.4) is 0 Å². The molecule has 0 bridgehead atoms. The lowest BCUT2D eigenvalue weighted by atomic mass is 10.1. The maximum atomic E-state index is 11.4. The van der Waals surface area contributed by atoms with Crippen LogP contribution in [-0.4, -0.2) is 30.5 Å². The van der Waals surface area contributed by atoms with Gasteiger partial charge >= 0.3 is 0 Å². The quantitative estimate of drug-likeness (QED) is 0.849. The molecule has 104 valence electrons. The molecule has 0 radical (unpaired) electrons. The third-order valence-electron chi connectivity index (χ3n) is 2.78. The number of nitrogens with zero attached hydrogens (tertiary/aromatic N) is 1. The smallest absolute Gasteiger partial charge is 0.223 e. The van der Waals surface area contributed by atoms with Gasteiger partial charge in [-0.1, -0.05) is 6.92 Å². The van der Waals surface area contributed by atoms with Crippen LogP contribution in [0.5, 0.6) is 0 Å². The van der Waals surface area contributed by atoms with Crippen LogP contribution in [0.25, 0.3) is 0 Å². The zero-order valence-electron chi connectivity index (χ0n) is 11.1. The molecule has 0 aliphatic carbocycles. The number of aldehydes is 1. The monoisotopic (exact) mass is 327 g/mol. The van der Waals surface area contributed by atoms with Crippen LogP contribution < -0.4 is 4.90 Å². The first kappa shape index (κ1) is 15.9. The fourth-order valence-corrected chi connectivity index (χ4v) is 2.63. The van der Waals surface area contributed by atoms with Crippen molar-refractivity contribution in [2.75, 3.05) is 18.1 Å². The summed E-state index contributed by atoms with van der Waals surface area (Å²) in [5.74, 6) is 0.0355. The largest absolute Gasteiger partial charge is 0.396 e. The normalized spacial score (nSPS) is 12.5. The van der Waals surface area contributed by atoms with Gasteiger partial charge in [-0.15, -0.1) is 0 Å². The number of aliphatic hydroxyl groups excluding tert-OH is 1. The zero-order valence-corrected chi connectivity index (χ0v) is 12.7. The van der Waals surface area contributed by atoms with Crippen LogP contribution in [0.4, 0.5) is 5.69 Å². The van der Waals surface area contributed by atoms with Gasteiger partial charge in [0.1, 0.15) is 6.29 Å². The number of amides is 1. The minimum atomic E-state index is 0.0355. The highest BCUT2D eigenvalue weighted by atomic mass is 79.9. The first-order valence-corrected chi connectivity index (χ1v) is 7.01. The summed E-state index contributed by atoms with van der Waals surface area (Å²) < 4.78 is 0.815. The van der Waals surface area contributed by atoms with E-state index in [1.54, 1.807) is 17.9 Å². The lowest BCUT2D eigenvalue weighted by Gasteiger charge is -2.16. The van der Waals surface area contributed by atoms with E-state index in [1.165, 1.54) is 0 Å². The highest BCUT2D eigenvalue weighted by Crippen LogP contribution is 2.36. The van der Waals surface area contributed by atoms with E-state index in [-0.39, 0.29) is 5.91 Å². The number of carbonyl (C=O) groups excluding carboxylic acids is 2. The molecule has 1 heterocycles. The van der Waals surface area contributed by atoms with Gasteiger partial charge in [-0.2, -0.15) is 0 Å².